The lowest BCUT2D eigenvalue weighted by molar-refractivity contribution is 0.0932. The first-order valence-electron chi connectivity index (χ1n) is 12.8. The van der Waals surface area contributed by atoms with Gasteiger partial charge in [-0.3, -0.25) is 9.36 Å². The zero-order chi connectivity index (χ0) is 27.1. The minimum atomic E-state index is -0.190. The Morgan fingerprint density at radius 2 is 1.62 bits per heavy atom. The number of thioether (sulfide) groups is 1. The Labute approximate surface area is 239 Å². The lowest BCUT2D eigenvalue weighted by atomic mass is 9.99. The van der Waals surface area contributed by atoms with E-state index in [9.17, 15) is 4.79 Å². The summed E-state index contributed by atoms with van der Waals surface area (Å²) in [6.45, 7) is 0. The molecule has 0 saturated carbocycles. The number of thiazole rings is 1. The smallest absolute Gasteiger partial charge is 0.271 e. The van der Waals surface area contributed by atoms with Crippen molar-refractivity contribution in [2.24, 2.45) is 0 Å². The molecule has 9 heteroatoms. The molecule has 0 saturated heterocycles. The van der Waals surface area contributed by atoms with Crippen LogP contribution in [0.5, 0.6) is 0 Å². The summed E-state index contributed by atoms with van der Waals surface area (Å²) in [6.07, 6.45) is 2.31. The van der Waals surface area contributed by atoms with Crippen LogP contribution in [-0.2, 0) is 12.2 Å². The summed E-state index contributed by atoms with van der Waals surface area (Å²) >= 11 is 2.98. The van der Waals surface area contributed by atoms with Gasteiger partial charge < -0.3 is 9.73 Å². The predicted molar refractivity (Wildman–Crippen MR) is 158 cm³/mol. The summed E-state index contributed by atoms with van der Waals surface area (Å²) in [7, 11) is 0. The maximum Gasteiger partial charge on any atom is 0.271 e. The first kappa shape index (κ1) is 25.8. The molecule has 0 radical (unpaired) electrons. The molecule has 40 heavy (non-hydrogen) atoms. The number of carbonyl (C=O) groups is 1. The summed E-state index contributed by atoms with van der Waals surface area (Å²) in [4.78, 5) is 17.9. The van der Waals surface area contributed by atoms with E-state index in [2.05, 4.69) is 32.6 Å². The van der Waals surface area contributed by atoms with Gasteiger partial charge in [-0.15, -0.1) is 21.5 Å². The highest BCUT2D eigenvalue weighted by atomic mass is 32.2. The van der Waals surface area contributed by atoms with Crippen LogP contribution in [0, 0.1) is 0 Å². The summed E-state index contributed by atoms with van der Waals surface area (Å²) in [5, 5.41) is 15.4. The number of para-hydroxylation sites is 1. The minimum absolute atomic E-state index is 0.167. The number of hydrogen-bond donors (Lipinski definition) is 1. The van der Waals surface area contributed by atoms with Crippen LogP contribution in [0.1, 0.15) is 32.7 Å². The third kappa shape index (κ3) is 5.90. The number of benzene rings is 3. The van der Waals surface area contributed by atoms with Crippen LogP contribution in [-0.4, -0.2) is 25.7 Å². The fourth-order valence-electron chi connectivity index (χ4n) is 4.37. The van der Waals surface area contributed by atoms with Crippen molar-refractivity contribution in [3.63, 3.8) is 0 Å². The summed E-state index contributed by atoms with van der Waals surface area (Å²) in [5.41, 5.74) is 3.56. The Hall–Kier alpha value is -4.47. The number of hydrogen-bond acceptors (Lipinski definition) is 7. The van der Waals surface area contributed by atoms with Crippen LogP contribution in [0.2, 0.25) is 0 Å². The van der Waals surface area contributed by atoms with E-state index >= 15 is 0 Å². The standard InChI is InChI=1S/C31H25N5O2S2/c37-30(33-25(23-13-6-2-7-14-23)19-22-11-4-1-5-12-22)26-20-39-28(32-26)21-40-31-35-34-29(27-17-10-18-38-27)36(31)24-15-8-3-9-16-24/h1-18,20,25H,19,21H2,(H,33,37). The number of furan rings is 1. The first-order valence-corrected chi connectivity index (χ1v) is 14.6. The number of aromatic nitrogens is 4. The maximum atomic E-state index is 13.3. The second kappa shape index (κ2) is 12.1. The number of rotatable bonds is 10. The van der Waals surface area contributed by atoms with E-state index in [1.54, 1.807) is 6.26 Å². The first-order chi connectivity index (χ1) is 19.7. The van der Waals surface area contributed by atoms with Crippen LogP contribution in [0.25, 0.3) is 17.3 Å². The molecule has 6 aromatic rings. The van der Waals surface area contributed by atoms with E-state index in [0.717, 1.165) is 21.8 Å². The highest BCUT2D eigenvalue weighted by Gasteiger charge is 2.21. The van der Waals surface area contributed by atoms with E-state index in [1.807, 2.05) is 101 Å². The van der Waals surface area contributed by atoms with Crippen molar-refractivity contribution in [1.29, 1.82) is 0 Å². The normalized spacial score (nSPS) is 11.8. The third-order valence-electron chi connectivity index (χ3n) is 6.29. The minimum Gasteiger partial charge on any atom is -0.461 e. The molecule has 1 unspecified atom stereocenters. The largest absolute Gasteiger partial charge is 0.461 e. The lowest BCUT2D eigenvalue weighted by Crippen LogP contribution is -2.30. The van der Waals surface area contributed by atoms with Crippen LogP contribution in [0.4, 0.5) is 0 Å². The summed E-state index contributed by atoms with van der Waals surface area (Å²) in [5.74, 6) is 1.63. The molecular formula is C31H25N5O2S2. The van der Waals surface area contributed by atoms with Gasteiger partial charge in [0.2, 0.25) is 5.82 Å². The summed E-state index contributed by atoms with van der Waals surface area (Å²) in [6, 6.07) is 33.7. The van der Waals surface area contributed by atoms with Gasteiger partial charge in [0.1, 0.15) is 10.7 Å². The zero-order valence-corrected chi connectivity index (χ0v) is 23.0. The molecule has 6 rings (SSSR count). The third-order valence-corrected chi connectivity index (χ3v) is 8.26. The van der Waals surface area contributed by atoms with E-state index in [1.165, 1.54) is 23.1 Å². The van der Waals surface area contributed by atoms with Crippen molar-refractivity contribution < 1.29 is 9.21 Å². The molecule has 7 nitrogen and oxygen atoms in total. The average Bonchev–Trinajstić information content (AvgIpc) is 3.78. The molecule has 3 aromatic carbocycles. The molecule has 1 amide bonds. The average molecular weight is 564 g/mol. The molecular weight excluding hydrogens is 539 g/mol. The van der Waals surface area contributed by atoms with Crippen LogP contribution in [0.15, 0.2) is 124 Å². The van der Waals surface area contributed by atoms with Gasteiger partial charge in [-0.1, -0.05) is 90.6 Å². The van der Waals surface area contributed by atoms with Crippen molar-refractivity contribution in [3.05, 3.63) is 137 Å². The van der Waals surface area contributed by atoms with E-state index < -0.39 is 0 Å². The van der Waals surface area contributed by atoms with Gasteiger partial charge in [-0.2, -0.15) is 0 Å². The van der Waals surface area contributed by atoms with E-state index in [-0.39, 0.29) is 11.9 Å². The van der Waals surface area contributed by atoms with Crippen molar-refractivity contribution in [3.8, 4) is 17.3 Å². The molecule has 1 atom stereocenters. The van der Waals surface area contributed by atoms with Crippen molar-refractivity contribution >= 4 is 29.0 Å². The molecule has 198 valence electrons. The Morgan fingerprint density at radius 1 is 0.900 bits per heavy atom. The van der Waals surface area contributed by atoms with Crippen LogP contribution in [0.3, 0.4) is 0 Å². The van der Waals surface area contributed by atoms with E-state index in [0.29, 0.717) is 34.6 Å². The van der Waals surface area contributed by atoms with Gasteiger partial charge in [0.25, 0.3) is 5.91 Å². The summed E-state index contributed by atoms with van der Waals surface area (Å²) < 4.78 is 7.57. The molecule has 0 bridgehead atoms. The second-order valence-corrected chi connectivity index (χ2v) is 10.9. The Bertz CT molecular complexity index is 1670. The van der Waals surface area contributed by atoms with Crippen LogP contribution >= 0.6 is 23.1 Å². The molecule has 1 N–H and O–H groups in total. The van der Waals surface area contributed by atoms with Crippen LogP contribution < -0.4 is 5.32 Å². The topological polar surface area (TPSA) is 85.8 Å². The van der Waals surface area contributed by atoms with Gasteiger partial charge in [-0.25, -0.2) is 4.98 Å². The quantitative estimate of drug-likeness (QED) is 0.181. The predicted octanol–water partition coefficient (Wildman–Crippen LogP) is 6.99. The van der Waals surface area contributed by atoms with Crippen molar-refractivity contribution in [2.75, 3.05) is 0 Å². The second-order valence-electron chi connectivity index (χ2n) is 9.00. The molecule has 0 aliphatic rings. The molecule has 0 aliphatic heterocycles. The molecule has 0 fully saturated rings. The number of carbonyl (C=O) groups excluding carboxylic acids is 1. The Morgan fingerprint density at radius 3 is 2.35 bits per heavy atom. The molecule has 0 spiro atoms. The Balaban J connectivity index is 1.17. The van der Waals surface area contributed by atoms with Crippen molar-refractivity contribution in [1.82, 2.24) is 25.1 Å². The fraction of sp³-hybridized carbons (Fsp3) is 0.0968. The Kier molecular flexibility index (Phi) is 7.83. The maximum absolute atomic E-state index is 13.3. The number of amides is 1. The van der Waals surface area contributed by atoms with Gasteiger partial charge >= 0.3 is 0 Å². The highest BCUT2D eigenvalue weighted by Crippen LogP contribution is 2.30. The van der Waals surface area contributed by atoms with Gasteiger partial charge in [0.15, 0.2) is 10.9 Å². The zero-order valence-electron chi connectivity index (χ0n) is 21.4. The number of nitrogens with zero attached hydrogens (tertiary/aromatic N) is 4. The van der Waals surface area contributed by atoms with Crippen molar-refractivity contribution in [2.45, 2.75) is 23.4 Å². The highest BCUT2D eigenvalue weighted by molar-refractivity contribution is 7.98. The SMILES string of the molecule is O=C(NC(Cc1ccccc1)c1ccccc1)c1csc(CSc2nnc(-c3ccco3)n2-c2ccccc2)n1. The molecule has 3 heterocycles. The number of nitrogens with one attached hydrogen (secondary N) is 1. The fourth-order valence-corrected chi connectivity index (χ4v) is 6.11. The van der Waals surface area contributed by atoms with E-state index in [4.69, 9.17) is 4.42 Å². The monoisotopic (exact) mass is 563 g/mol. The lowest BCUT2D eigenvalue weighted by Gasteiger charge is -2.19. The van der Waals surface area contributed by atoms with Gasteiger partial charge in [0, 0.05) is 11.1 Å². The van der Waals surface area contributed by atoms with Gasteiger partial charge in [0.05, 0.1) is 18.1 Å². The van der Waals surface area contributed by atoms with Gasteiger partial charge in [-0.05, 0) is 41.8 Å². The molecule has 3 aromatic heterocycles. The molecule has 0 aliphatic carbocycles.